The molecule has 0 fully saturated rings. The molecule has 1 aromatic carbocycles. The Morgan fingerprint density at radius 2 is 1.56 bits per heavy atom. The standard InChI is InChI=1S/C10H9BrClN3O.C4H5Br2N3/c1-2-15-10(13-9(11)14-15)16-8-6-4-3-5-7(8)12;1-2-9-4(6)7-3(5)8-9/h3-6H,2H2,1H3;2H2,1H3. The lowest BCUT2D eigenvalue weighted by atomic mass is 10.3. The third kappa shape index (κ3) is 5.77. The Hall–Kier alpha value is -0.970. The molecule has 0 radical (unpaired) electrons. The van der Waals surface area contributed by atoms with E-state index in [4.69, 9.17) is 16.3 Å². The highest BCUT2D eigenvalue weighted by Gasteiger charge is 2.10. The van der Waals surface area contributed by atoms with Crippen LogP contribution in [0.15, 0.2) is 38.5 Å². The number of benzene rings is 1. The average Bonchev–Trinajstić information content (AvgIpc) is 3.11. The van der Waals surface area contributed by atoms with Gasteiger partial charge >= 0.3 is 6.01 Å². The van der Waals surface area contributed by atoms with Crippen molar-refractivity contribution >= 4 is 59.4 Å². The Morgan fingerprint density at radius 3 is 2.08 bits per heavy atom. The van der Waals surface area contributed by atoms with Gasteiger partial charge < -0.3 is 4.74 Å². The van der Waals surface area contributed by atoms with Crippen LogP contribution in [-0.2, 0) is 13.1 Å². The average molecular weight is 557 g/mol. The van der Waals surface area contributed by atoms with Gasteiger partial charge in [-0.25, -0.2) is 9.36 Å². The lowest BCUT2D eigenvalue weighted by molar-refractivity contribution is 0.402. The van der Waals surface area contributed by atoms with Crippen molar-refractivity contribution in [3.63, 3.8) is 0 Å². The van der Waals surface area contributed by atoms with Gasteiger partial charge in [-0.2, -0.15) is 9.97 Å². The Balaban J connectivity index is 0.000000212. The maximum Gasteiger partial charge on any atom is 0.321 e. The van der Waals surface area contributed by atoms with E-state index in [0.29, 0.717) is 32.8 Å². The van der Waals surface area contributed by atoms with Crippen molar-refractivity contribution in [1.29, 1.82) is 0 Å². The van der Waals surface area contributed by atoms with Crippen LogP contribution in [0.3, 0.4) is 0 Å². The molecule has 7 nitrogen and oxygen atoms in total. The maximum absolute atomic E-state index is 5.98. The molecule has 2 heterocycles. The van der Waals surface area contributed by atoms with Gasteiger partial charge in [-0.05, 0) is 73.8 Å². The van der Waals surface area contributed by atoms with Gasteiger partial charge in [0, 0.05) is 13.1 Å². The summed E-state index contributed by atoms with van der Waals surface area (Å²) in [4.78, 5) is 8.07. The summed E-state index contributed by atoms with van der Waals surface area (Å²) in [6.45, 7) is 5.48. The highest BCUT2D eigenvalue weighted by Crippen LogP contribution is 2.28. The minimum absolute atomic E-state index is 0.419. The predicted octanol–water partition coefficient (Wildman–Crippen LogP) is 5.33. The molecule has 2 aromatic heterocycles. The van der Waals surface area contributed by atoms with E-state index >= 15 is 0 Å². The number of aromatic nitrogens is 6. The Bertz CT molecular complexity index is 838. The molecule has 134 valence electrons. The first-order chi connectivity index (χ1) is 11.9. The molecule has 3 rings (SSSR count). The maximum atomic E-state index is 5.98. The summed E-state index contributed by atoms with van der Waals surface area (Å²) in [7, 11) is 0. The van der Waals surface area contributed by atoms with Gasteiger partial charge in [0.15, 0.2) is 4.73 Å². The molecule has 0 aliphatic heterocycles. The summed E-state index contributed by atoms with van der Waals surface area (Å²) < 4.78 is 10.9. The highest BCUT2D eigenvalue weighted by atomic mass is 79.9. The van der Waals surface area contributed by atoms with E-state index in [2.05, 4.69) is 68.0 Å². The van der Waals surface area contributed by atoms with Crippen molar-refractivity contribution in [1.82, 2.24) is 29.5 Å². The number of nitrogens with zero attached hydrogens (tertiary/aromatic N) is 6. The first kappa shape index (κ1) is 20.3. The summed E-state index contributed by atoms with van der Waals surface area (Å²) in [5.41, 5.74) is 0. The fraction of sp³-hybridized carbons (Fsp3) is 0.286. The van der Waals surface area contributed by atoms with Gasteiger partial charge in [0.05, 0.1) is 5.02 Å². The summed E-state index contributed by atoms with van der Waals surface area (Å²) in [6, 6.07) is 7.66. The van der Waals surface area contributed by atoms with Crippen LogP contribution in [0.25, 0.3) is 0 Å². The van der Waals surface area contributed by atoms with E-state index in [1.165, 1.54) is 0 Å². The molecule has 0 aliphatic carbocycles. The normalized spacial score (nSPS) is 10.3. The van der Waals surface area contributed by atoms with Crippen LogP contribution in [0.4, 0.5) is 0 Å². The smallest absolute Gasteiger partial charge is 0.321 e. The van der Waals surface area contributed by atoms with Crippen LogP contribution in [0.2, 0.25) is 5.02 Å². The molecule has 25 heavy (non-hydrogen) atoms. The molecule has 3 aromatic rings. The summed E-state index contributed by atoms with van der Waals surface area (Å²) >= 11 is 15.6. The molecular weight excluding hydrogens is 543 g/mol. The van der Waals surface area contributed by atoms with Gasteiger partial charge in [-0.3, -0.25) is 0 Å². The third-order valence-electron chi connectivity index (χ3n) is 2.85. The van der Waals surface area contributed by atoms with Gasteiger partial charge in [0.2, 0.25) is 9.47 Å². The van der Waals surface area contributed by atoms with Crippen molar-refractivity contribution in [2.75, 3.05) is 0 Å². The van der Waals surface area contributed by atoms with Crippen LogP contribution in [0.5, 0.6) is 11.8 Å². The van der Waals surface area contributed by atoms with Gasteiger partial charge in [0.25, 0.3) is 0 Å². The van der Waals surface area contributed by atoms with Gasteiger partial charge in [-0.15, -0.1) is 10.2 Å². The second-order valence-electron chi connectivity index (χ2n) is 4.48. The SMILES string of the molecule is CCn1nc(Br)nc1Br.CCn1nc(Br)nc1Oc1ccccc1Cl. The van der Waals surface area contributed by atoms with Crippen molar-refractivity contribution < 1.29 is 4.74 Å². The zero-order valence-electron chi connectivity index (χ0n) is 13.3. The van der Waals surface area contributed by atoms with Crippen LogP contribution in [-0.4, -0.2) is 29.5 Å². The highest BCUT2D eigenvalue weighted by molar-refractivity contribution is 9.11. The quantitative estimate of drug-likeness (QED) is 0.434. The first-order valence-corrected chi connectivity index (χ1v) is 9.98. The fourth-order valence-electron chi connectivity index (χ4n) is 1.71. The van der Waals surface area contributed by atoms with Crippen molar-refractivity contribution in [2.45, 2.75) is 26.9 Å². The Morgan fingerprint density at radius 1 is 0.960 bits per heavy atom. The first-order valence-electron chi connectivity index (χ1n) is 7.23. The van der Waals surface area contributed by atoms with Crippen molar-refractivity contribution in [3.8, 4) is 11.8 Å². The lowest BCUT2D eigenvalue weighted by Crippen LogP contribution is -2.00. The van der Waals surface area contributed by atoms with Gasteiger partial charge in [-0.1, -0.05) is 23.7 Å². The number of para-hydroxylation sites is 1. The second kappa shape index (κ2) is 9.65. The molecule has 11 heteroatoms. The number of ether oxygens (including phenoxy) is 1. The second-order valence-corrected chi connectivity index (χ2v) is 7.01. The molecular formula is C14H14Br3ClN6O. The van der Waals surface area contributed by atoms with Crippen molar-refractivity contribution in [2.24, 2.45) is 0 Å². The molecule has 0 spiro atoms. The Kier molecular flexibility index (Phi) is 7.85. The zero-order chi connectivity index (χ0) is 18.4. The molecule has 0 unspecified atom stereocenters. The summed E-state index contributed by atoms with van der Waals surface area (Å²) in [5.74, 6) is 0.568. The molecule has 0 saturated carbocycles. The van der Waals surface area contributed by atoms with Crippen LogP contribution >= 0.6 is 59.4 Å². The van der Waals surface area contributed by atoms with Crippen molar-refractivity contribution in [3.05, 3.63) is 43.5 Å². The number of aryl methyl sites for hydroxylation is 2. The van der Waals surface area contributed by atoms with E-state index in [-0.39, 0.29) is 0 Å². The Labute approximate surface area is 175 Å². The van der Waals surface area contributed by atoms with Crippen LogP contribution in [0.1, 0.15) is 13.8 Å². The summed E-state index contributed by atoms with van der Waals surface area (Å²) in [5, 5.41) is 8.66. The van der Waals surface area contributed by atoms with E-state index < -0.39 is 0 Å². The minimum Gasteiger partial charge on any atom is -0.423 e. The zero-order valence-corrected chi connectivity index (χ0v) is 18.8. The predicted molar refractivity (Wildman–Crippen MR) is 106 cm³/mol. The summed E-state index contributed by atoms with van der Waals surface area (Å²) in [6.07, 6.45) is 0. The number of halogens is 4. The molecule has 0 atom stereocenters. The minimum atomic E-state index is 0.419. The van der Waals surface area contributed by atoms with E-state index in [0.717, 1.165) is 11.3 Å². The largest absolute Gasteiger partial charge is 0.423 e. The van der Waals surface area contributed by atoms with E-state index in [9.17, 15) is 0 Å². The topological polar surface area (TPSA) is 70.7 Å². The van der Waals surface area contributed by atoms with Crippen LogP contribution in [0, 0.1) is 0 Å². The lowest BCUT2D eigenvalue weighted by Gasteiger charge is -2.06. The monoisotopic (exact) mass is 554 g/mol. The number of rotatable bonds is 4. The van der Waals surface area contributed by atoms with E-state index in [1.54, 1.807) is 21.5 Å². The number of hydrogen-bond acceptors (Lipinski definition) is 5. The van der Waals surface area contributed by atoms with Gasteiger partial charge in [0.1, 0.15) is 5.75 Å². The molecule has 0 amide bonds. The fourth-order valence-corrected chi connectivity index (χ4v) is 3.32. The molecule has 0 saturated heterocycles. The van der Waals surface area contributed by atoms with Crippen LogP contribution < -0.4 is 4.74 Å². The number of hydrogen-bond donors (Lipinski definition) is 0. The molecule has 0 bridgehead atoms. The van der Waals surface area contributed by atoms with E-state index in [1.807, 2.05) is 26.0 Å². The molecule has 0 aliphatic rings. The third-order valence-corrected chi connectivity index (χ3v) is 4.42. The molecule has 0 N–H and O–H groups in total.